The highest BCUT2D eigenvalue weighted by Crippen LogP contribution is 2.31. The predicted molar refractivity (Wildman–Crippen MR) is 115 cm³/mol. The Morgan fingerprint density at radius 1 is 1.17 bits per heavy atom. The molecule has 150 valence electrons. The lowest BCUT2D eigenvalue weighted by Crippen LogP contribution is -2.35. The van der Waals surface area contributed by atoms with Crippen molar-refractivity contribution in [3.8, 4) is 11.5 Å². The summed E-state index contributed by atoms with van der Waals surface area (Å²) in [5.41, 5.74) is 5.86. The first-order valence-corrected chi connectivity index (χ1v) is 10.8. The van der Waals surface area contributed by atoms with Crippen LogP contribution in [0.5, 0.6) is 0 Å². The first-order chi connectivity index (χ1) is 14.0. The van der Waals surface area contributed by atoms with Crippen molar-refractivity contribution >= 4 is 17.7 Å². The van der Waals surface area contributed by atoms with Crippen molar-refractivity contribution in [3.05, 3.63) is 64.7 Å². The fourth-order valence-corrected chi connectivity index (χ4v) is 4.34. The number of carbonyl (C=O) groups excluding carboxylic acids is 1. The molecule has 29 heavy (non-hydrogen) atoms. The SMILES string of the molecule is Cc1ccc(-c2nnc(SC(C)C(=O)NC3CCCc4ccccc43)o2)cc1C. The van der Waals surface area contributed by atoms with Crippen molar-refractivity contribution in [2.24, 2.45) is 0 Å². The van der Waals surface area contributed by atoms with E-state index in [0.29, 0.717) is 11.1 Å². The molecule has 1 N–H and O–H groups in total. The van der Waals surface area contributed by atoms with Crippen LogP contribution in [0.1, 0.15) is 48.1 Å². The van der Waals surface area contributed by atoms with E-state index >= 15 is 0 Å². The van der Waals surface area contributed by atoms with E-state index in [0.717, 1.165) is 24.8 Å². The Morgan fingerprint density at radius 3 is 2.83 bits per heavy atom. The van der Waals surface area contributed by atoms with Crippen molar-refractivity contribution in [1.29, 1.82) is 0 Å². The Morgan fingerprint density at radius 2 is 2.00 bits per heavy atom. The van der Waals surface area contributed by atoms with E-state index < -0.39 is 0 Å². The van der Waals surface area contributed by atoms with Gasteiger partial charge in [0.25, 0.3) is 5.22 Å². The van der Waals surface area contributed by atoms with Crippen LogP contribution in [0.3, 0.4) is 0 Å². The molecule has 4 rings (SSSR count). The first kappa shape index (κ1) is 19.7. The summed E-state index contributed by atoms with van der Waals surface area (Å²) in [6, 6.07) is 14.5. The van der Waals surface area contributed by atoms with Crippen LogP contribution in [0.25, 0.3) is 11.5 Å². The van der Waals surface area contributed by atoms with Crippen LogP contribution in [0.15, 0.2) is 52.1 Å². The van der Waals surface area contributed by atoms with Crippen LogP contribution in [0, 0.1) is 13.8 Å². The number of hydrogen-bond acceptors (Lipinski definition) is 5. The number of amides is 1. The molecule has 2 aromatic carbocycles. The van der Waals surface area contributed by atoms with E-state index in [9.17, 15) is 4.79 Å². The van der Waals surface area contributed by atoms with Gasteiger partial charge in [-0.15, -0.1) is 10.2 Å². The van der Waals surface area contributed by atoms with Crippen molar-refractivity contribution in [2.45, 2.75) is 56.5 Å². The van der Waals surface area contributed by atoms with Gasteiger partial charge in [0.15, 0.2) is 0 Å². The largest absolute Gasteiger partial charge is 0.411 e. The van der Waals surface area contributed by atoms with Gasteiger partial charge in [0.2, 0.25) is 11.8 Å². The molecule has 6 heteroatoms. The molecule has 1 aliphatic carbocycles. The number of hydrogen-bond donors (Lipinski definition) is 1. The maximum absolute atomic E-state index is 12.8. The second kappa shape index (κ2) is 8.41. The minimum Gasteiger partial charge on any atom is -0.411 e. The zero-order valence-corrected chi connectivity index (χ0v) is 17.8. The molecule has 3 aromatic rings. The summed E-state index contributed by atoms with van der Waals surface area (Å²) in [5, 5.41) is 11.5. The molecule has 5 nitrogen and oxygen atoms in total. The second-order valence-electron chi connectivity index (χ2n) is 7.58. The van der Waals surface area contributed by atoms with E-state index in [4.69, 9.17) is 4.42 Å². The number of aromatic nitrogens is 2. The van der Waals surface area contributed by atoms with Gasteiger partial charge < -0.3 is 9.73 Å². The fourth-order valence-electron chi connectivity index (χ4n) is 3.65. The summed E-state index contributed by atoms with van der Waals surface area (Å²) in [6.07, 6.45) is 3.14. The summed E-state index contributed by atoms with van der Waals surface area (Å²) >= 11 is 1.29. The average Bonchev–Trinajstić information content (AvgIpc) is 3.18. The van der Waals surface area contributed by atoms with Gasteiger partial charge in [-0.25, -0.2) is 0 Å². The number of aryl methyl sites for hydroxylation is 3. The minimum atomic E-state index is -0.322. The molecule has 0 spiro atoms. The molecule has 1 aromatic heterocycles. The summed E-state index contributed by atoms with van der Waals surface area (Å²) < 4.78 is 5.79. The highest BCUT2D eigenvalue weighted by Gasteiger charge is 2.25. The van der Waals surface area contributed by atoms with E-state index in [1.807, 2.05) is 31.2 Å². The van der Waals surface area contributed by atoms with Gasteiger partial charge in [-0.3, -0.25) is 4.79 Å². The van der Waals surface area contributed by atoms with Crippen molar-refractivity contribution < 1.29 is 9.21 Å². The Balaban J connectivity index is 1.41. The monoisotopic (exact) mass is 407 g/mol. The van der Waals surface area contributed by atoms with Gasteiger partial charge in [0.1, 0.15) is 0 Å². The quantitative estimate of drug-likeness (QED) is 0.601. The Bertz CT molecular complexity index is 1030. The molecule has 1 amide bonds. The van der Waals surface area contributed by atoms with Gasteiger partial charge in [-0.1, -0.05) is 42.1 Å². The number of carbonyl (C=O) groups is 1. The molecule has 0 aliphatic heterocycles. The molecule has 1 heterocycles. The number of thioether (sulfide) groups is 1. The van der Waals surface area contributed by atoms with Crippen LogP contribution in [0.4, 0.5) is 0 Å². The standard InChI is InChI=1S/C23H25N3O2S/c1-14-11-12-18(13-15(14)2)22-25-26-23(28-22)29-16(3)21(27)24-20-10-6-8-17-7-4-5-9-19(17)20/h4-5,7,9,11-13,16,20H,6,8,10H2,1-3H3,(H,24,27). The normalized spacial score (nSPS) is 16.9. The third-order valence-electron chi connectivity index (χ3n) is 5.49. The number of benzene rings is 2. The lowest BCUT2D eigenvalue weighted by atomic mass is 9.88. The number of nitrogens with zero attached hydrogens (tertiary/aromatic N) is 2. The lowest BCUT2D eigenvalue weighted by molar-refractivity contribution is -0.121. The van der Waals surface area contributed by atoms with Gasteiger partial charge in [-0.05, 0) is 74.4 Å². The van der Waals surface area contributed by atoms with Gasteiger partial charge in [0, 0.05) is 5.56 Å². The lowest BCUT2D eigenvalue weighted by Gasteiger charge is -2.27. The molecule has 0 fully saturated rings. The van der Waals surface area contributed by atoms with E-state index in [-0.39, 0.29) is 17.2 Å². The maximum atomic E-state index is 12.8. The molecule has 0 radical (unpaired) electrons. The fraction of sp³-hybridized carbons (Fsp3) is 0.348. The predicted octanol–water partition coefficient (Wildman–Crippen LogP) is 5.03. The van der Waals surface area contributed by atoms with Crippen molar-refractivity contribution in [1.82, 2.24) is 15.5 Å². The highest BCUT2D eigenvalue weighted by atomic mass is 32.2. The van der Waals surface area contributed by atoms with Crippen LogP contribution < -0.4 is 5.32 Å². The van der Waals surface area contributed by atoms with Crippen molar-refractivity contribution in [2.75, 3.05) is 0 Å². The van der Waals surface area contributed by atoms with Crippen molar-refractivity contribution in [3.63, 3.8) is 0 Å². The molecule has 0 saturated heterocycles. The van der Waals surface area contributed by atoms with E-state index in [2.05, 4.69) is 47.6 Å². The Labute approximate surface area is 175 Å². The van der Waals surface area contributed by atoms with Gasteiger partial charge in [-0.2, -0.15) is 0 Å². The maximum Gasteiger partial charge on any atom is 0.277 e. The summed E-state index contributed by atoms with van der Waals surface area (Å²) in [4.78, 5) is 12.8. The minimum absolute atomic E-state index is 0.0115. The molecule has 2 atom stereocenters. The smallest absolute Gasteiger partial charge is 0.277 e. The molecule has 1 aliphatic rings. The Hall–Kier alpha value is -2.60. The molecule has 0 saturated carbocycles. The summed E-state index contributed by atoms with van der Waals surface area (Å²) in [5.74, 6) is 0.465. The average molecular weight is 408 g/mol. The zero-order valence-electron chi connectivity index (χ0n) is 16.9. The number of fused-ring (bicyclic) bond motifs is 1. The highest BCUT2D eigenvalue weighted by molar-refractivity contribution is 8.00. The number of nitrogens with one attached hydrogen (secondary N) is 1. The number of rotatable bonds is 5. The van der Waals surface area contributed by atoms with Crippen LogP contribution >= 0.6 is 11.8 Å². The van der Waals surface area contributed by atoms with E-state index in [1.54, 1.807) is 0 Å². The molecular weight excluding hydrogens is 382 g/mol. The topological polar surface area (TPSA) is 68.0 Å². The summed E-state index contributed by atoms with van der Waals surface area (Å²) in [6.45, 7) is 5.99. The second-order valence-corrected chi connectivity index (χ2v) is 8.88. The van der Waals surface area contributed by atoms with Crippen LogP contribution in [-0.4, -0.2) is 21.4 Å². The summed E-state index contributed by atoms with van der Waals surface area (Å²) in [7, 11) is 0. The first-order valence-electron chi connectivity index (χ1n) is 9.97. The third-order valence-corrected chi connectivity index (χ3v) is 6.43. The third kappa shape index (κ3) is 4.37. The van der Waals surface area contributed by atoms with Gasteiger partial charge >= 0.3 is 0 Å². The zero-order chi connectivity index (χ0) is 20.4. The Kier molecular flexibility index (Phi) is 5.72. The molecule has 2 unspecified atom stereocenters. The van der Waals surface area contributed by atoms with Crippen LogP contribution in [0.2, 0.25) is 0 Å². The van der Waals surface area contributed by atoms with Gasteiger partial charge in [0.05, 0.1) is 11.3 Å². The van der Waals surface area contributed by atoms with E-state index in [1.165, 1.54) is 34.0 Å². The van der Waals surface area contributed by atoms with Crippen LogP contribution in [-0.2, 0) is 11.2 Å². The molecule has 0 bridgehead atoms. The molecular formula is C23H25N3O2S.